The van der Waals surface area contributed by atoms with Crippen LogP contribution in [0.4, 0.5) is 0 Å². The van der Waals surface area contributed by atoms with Gasteiger partial charge in [0, 0.05) is 42.7 Å². The monoisotopic (exact) mass is 468 g/mol. The van der Waals surface area contributed by atoms with Crippen molar-refractivity contribution in [2.75, 3.05) is 7.11 Å². The third-order valence-corrected chi connectivity index (χ3v) is 6.75. The van der Waals surface area contributed by atoms with E-state index < -0.39 is 18.0 Å². The lowest BCUT2D eigenvalue weighted by Gasteiger charge is -2.42. The van der Waals surface area contributed by atoms with E-state index in [9.17, 15) is 19.5 Å². The van der Waals surface area contributed by atoms with Gasteiger partial charge >= 0.3 is 5.97 Å². The lowest BCUT2D eigenvalue weighted by molar-refractivity contribution is -0.144. The molecule has 1 aromatic rings. The van der Waals surface area contributed by atoms with Crippen molar-refractivity contribution in [2.24, 2.45) is 10.8 Å². The number of carboxylic acid groups (broad SMARTS) is 1. The topological polar surface area (TPSA) is 99.1 Å². The molecule has 4 rings (SSSR count). The van der Waals surface area contributed by atoms with E-state index in [2.05, 4.69) is 0 Å². The van der Waals surface area contributed by atoms with Gasteiger partial charge in [-0.15, -0.1) is 0 Å². The van der Waals surface area contributed by atoms with Crippen LogP contribution in [0.25, 0.3) is 0 Å². The zero-order valence-corrected chi connectivity index (χ0v) is 20.6. The van der Waals surface area contributed by atoms with Crippen molar-refractivity contribution < 1.29 is 33.7 Å². The lowest BCUT2D eigenvalue weighted by atomic mass is 9.65. The average Bonchev–Trinajstić information content (AvgIpc) is 2.70. The van der Waals surface area contributed by atoms with Gasteiger partial charge in [0.1, 0.15) is 11.5 Å². The van der Waals surface area contributed by atoms with Gasteiger partial charge in [-0.1, -0.05) is 33.8 Å². The number of carbonyl (C=O) groups excluding carboxylic acids is 2. The number of Topliss-reactive ketones (excluding diaryl/α,β-unsaturated/α-hetero) is 2. The Labute approximate surface area is 199 Å². The second-order valence-corrected chi connectivity index (χ2v) is 11.1. The molecule has 7 nitrogen and oxygen atoms in total. The highest BCUT2D eigenvalue weighted by molar-refractivity contribution is 6.06. The largest absolute Gasteiger partial charge is 0.493 e. The van der Waals surface area contributed by atoms with E-state index in [4.69, 9.17) is 14.2 Å². The Balaban J connectivity index is 1.85. The Kier molecular flexibility index (Phi) is 5.86. The van der Waals surface area contributed by atoms with Crippen molar-refractivity contribution in [3.63, 3.8) is 0 Å². The molecule has 0 saturated heterocycles. The Morgan fingerprint density at radius 1 is 0.971 bits per heavy atom. The first-order chi connectivity index (χ1) is 15.8. The third-order valence-electron chi connectivity index (χ3n) is 6.75. The third kappa shape index (κ3) is 4.36. The quantitative estimate of drug-likeness (QED) is 0.653. The van der Waals surface area contributed by atoms with Crippen molar-refractivity contribution in [2.45, 2.75) is 72.3 Å². The van der Waals surface area contributed by atoms with Crippen LogP contribution in [0, 0.1) is 10.8 Å². The number of ketones is 2. The van der Waals surface area contributed by atoms with Crippen molar-refractivity contribution >= 4 is 17.5 Å². The van der Waals surface area contributed by atoms with Crippen LogP contribution in [0.15, 0.2) is 40.9 Å². The number of hydrogen-bond acceptors (Lipinski definition) is 6. The molecule has 3 aliphatic rings. The van der Waals surface area contributed by atoms with Crippen LogP contribution >= 0.6 is 0 Å². The molecule has 7 heteroatoms. The summed E-state index contributed by atoms with van der Waals surface area (Å²) in [5.74, 6) is 0.246. The number of ether oxygens (including phenoxy) is 3. The summed E-state index contributed by atoms with van der Waals surface area (Å²) < 4.78 is 17.4. The average molecular weight is 469 g/mol. The summed E-state index contributed by atoms with van der Waals surface area (Å²) >= 11 is 0. The molecule has 1 aliphatic heterocycles. The van der Waals surface area contributed by atoms with E-state index in [0.717, 1.165) is 5.56 Å². The standard InChI is InChI=1S/C27H32O7/c1-14(25(30)31)33-18-8-7-15(9-19(18)32-6)22-23-16(28)10-26(2,3)12-20(23)34-21-13-27(4,5)11-17(29)24(21)22/h7-9,14,22H,10-13H2,1-6H3,(H,30,31)/t14-/m0/s1. The summed E-state index contributed by atoms with van der Waals surface area (Å²) in [5, 5.41) is 9.20. The summed E-state index contributed by atoms with van der Waals surface area (Å²) in [6.45, 7) is 9.63. The van der Waals surface area contributed by atoms with Crippen LogP contribution < -0.4 is 9.47 Å². The Morgan fingerprint density at radius 3 is 1.97 bits per heavy atom. The van der Waals surface area contributed by atoms with Crippen LogP contribution in [0.5, 0.6) is 11.5 Å². The summed E-state index contributed by atoms with van der Waals surface area (Å²) in [4.78, 5) is 38.0. The van der Waals surface area contributed by atoms with E-state index in [1.165, 1.54) is 14.0 Å². The van der Waals surface area contributed by atoms with Crippen LogP contribution in [0.3, 0.4) is 0 Å². The highest BCUT2D eigenvalue weighted by Gasteiger charge is 2.47. The number of hydrogen-bond donors (Lipinski definition) is 1. The van der Waals surface area contributed by atoms with Gasteiger partial charge in [0.25, 0.3) is 0 Å². The van der Waals surface area contributed by atoms with Crippen molar-refractivity contribution in [1.29, 1.82) is 0 Å². The molecule has 0 radical (unpaired) electrons. The van der Waals surface area contributed by atoms with Crippen molar-refractivity contribution in [3.8, 4) is 11.5 Å². The molecular formula is C27H32O7. The maximum absolute atomic E-state index is 13.4. The predicted molar refractivity (Wildman–Crippen MR) is 125 cm³/mol. The molecule has 0 aromatic heterocycles. The van der Waals surface area contributed by atoms with Crippen LogP contribution in [-0.2, 0) is 19.1 Å². The van der Waals surface area contributed by atoms with E-state index in [1.54, 1.807) is 18.2 Å². The maximum Gasteiger partial charge on any atom is 0.344 e. The second kappa shape index (κ2) is 8.29. The normalized spacial score (nSPS) is 22.5. The van der Waals surface area contributed by atoms with E-state index >= 15 is 0 Å². The first-order valence-electron chi connectivity index (χ1n) is 11.6. The molecule has 0 amide bonds. The van der Waals surface area contributed by atoms with Gasteiger partial charge in [0.2, 0.25) is 0 Å². The van der Waals surface area contributed by atoms with Crippen molar-refractivity contribution in [3.05, 3.63) is 46.4 Å². The minimum Gasteiger partial charge on any atom is -0.493 e. The molecule has 0 fully saturated rings. The Bertz CT molecular complexity index is 1080. The predicted octanol–water partition coefficient (Wildman–Crippen LogP) is 4.95. The van der Waals surface area contributed by atoms with Crippen LogP contribution in [-0.4, -0.2) is 35.9 Å². The number of allylic oxidation sites excluding steroid dienone is 4. The zero-order chi connectivity index (χ0) is 25.0. The first kappa shape index (κ1) is 24.0. The number of rotatable bonds is 5. The molecule has 2 aliphatic carbocycles. The summed E-state index contributed by atoms with van der Waals surface area (Å²) in [7, 11) is 1.47. The van der Waals surface area contributed by atoms with Gasteiger partial charge in [-0.25, -0.2) is 4.79 Å². The number of benzene rings is 1. The van der Waals surface area contributed by atoms with Gasteiger partial charge in [-0.05, 0) is 35.4 Å². The van der Waals surface area contributed by atoms with Gasteiger partial charge < -0.3 is 19.3 Å². The van der Waals surface area contributed by atoms with E-state index in [0.29, 0.717) is 54.1 Å². The summed E-state index contributed by atoms with van der Waals surface area (Å²) in [6.07, 6.45) is 0.926. The minimum absolute atomic E-state index is 0.0146. The SMILES string of the molecule is COc1cc(C2C3=C(CC(C)(C)CC3=O)OC3=C2C(=O)CC(C)(C)C3)ccc1O[C@@H](C)C(=O)O. The Morgan fingerprint density at radius 2 is 1.50 bits per heavy atom. The van der Waals surface area contributed by atoms with Gasteiger partial charge in [-0.3, -0.25) is 9.59 Å². The minimum atomic E-state index is -1.09. The van der Waals surface area contributed by atoms with Gasteiger partial charge in [-0.2, -0.15) is 0 Å². The maximum atomic E-state index is 13.4. The fourth-order valence-corrected chi connectivity index (χ4v) is 5.21. The molecule has 0 spiro atoms. The number of methoxy groups -OCH3 is 1. The molecule has 0 bridgehead atoms. The molecule has 0 unspecified atom stereocenters. The molecule has 182 valence electrons. The van der Waals surface area contributed by atoms with Crippen LogP contribution in [0.1, 0.15) is 71.8 Å². The number of aliphatic carboxylic acids is 1. The molecule has 1 heterocycles. The second-order valence-electron chi connectivity index (χ2n) is 11.1. The highest BCUT2D eigenvalue weighted by atomic mass is 16.5. The fraction of sp³-hybridized carbons (Fsp3) is 0.519. The lowest BCUT2D eigenvalue weighted by Crippen LogP contribution is -2.37. The molecule has 1 atom stereocenters. The Hall–Kier alpha value is -3.09. The number of carboxylic acids is 1. The van der Waals surface area contributed by atoms with Gasteiger partial charge in [0.05, 0.1) is 7.11 Å². The van der Waals surface area contributed by atoms with E-state index in [-0.39, 0.29) is 28.1 Å². The smallest absolute Gasteiger partial charge is 0.344 e. The highest BCUT2D eigenvalue weighted by Crippen LogP contribution is 2.53. The summed E-state index contributed by atoms with van der Waals surface area (Å²) in [5.41, 5.74) is 1.35. The molecule has 34 heavy (non-hydrogen) atoms. The van der Waals surface area contributed by atoms with Gasteiger partial charge in [0.15, 0.2) is 29.2 Å². The molecular weight excluding hydrogens is 436 g/mol. The van der Waals surface area contributed by atoms with Crippen molar-refractivity contribution in [1.82, 2.24) is 0 Å². The van der Waals surface area contributed by atoms with Crippen LogP contribution in [0.2, 0.25) is 0 Å². The molecule has 0 saturated carbocycles. The summed E-state index contributed by atoms with van der Waals surface area (Å²) in [6, 6.07) is 5.14. The fourth-order valence-electron chi connectivity index (χ4n) is 5.21. The van der Waals surface area contributed by atoms with E-state index in [1.807, 2.05) is 27.7 Å². The molecule has 1 N–H and O–H groups in total. The molecule has 1 aromatic carbocycles. The first-order valence-corrected chi connectivity index (χ1v) is 11.6. The number of carbonyl (C=O) groups is 3. The zero-order valence-electron chi connectivity index (χ0n) is 20.6.